The summed E-state index contributed by atoms with van der Waals surface area (Å²) < 4.78 is 26.9. The van der Waals surface area contributed by atoms with Gasteiger partial charge in [-0.15, -0.1) is 0 Å². The first-order chi connectivity index (χ1) is 16.8. The van der Waals surface area contributed by atoms with Crippen LogP contribution in [0, 0.1) is 5.92 Å². The van der Waals surface area contributed by atoms with Crippen LogP contribution in [-0.2, 0) is 16.4 Å². The molecular formula is C29H33N3O2S. The van der Waals surface area contributed by atoms with Crippen molar-refractivity contribution in [2.75, 3.05) is 16.5 Å². The minimum absolute atomic E-state index is 0.140. The van der Waals surface area contributed by atoms with Gasteiger partial charge >= 0.3 is 0 Å². The van der Waals surface area contributed by atoms with E-state index in [1.807, 2.05) is 42.3 Å². The Labute approximate surface area is 208 Å². The molecule has 0 aliphatic carbocycles. The number of fused-ring (bicyclic) bond motifs is 3. The van der Waals surface area contributed by atoms with Crippen LogP contribution in [0.5, 0.6) is 0 Å². The van der Waals surface area contributed by atoms with Crippen LogP contribution in [0.3, 0.4) is 0 Å². The van der Waals surface area contributed by atoms with Crippen molar-refractivity contribution in [2.24, 2.45) is 11.0 Å². The Kier molecular flexibility index (Phi) is 6.41. The van der Waals surface area contributed by atoms with Crippen molar-refractivity contribution < 1.29 is 8.42 Å². The molecule has 5 nitrogen and oxygen atoms in total. The molecule has 0 N–H and O–H groups in total. The summed E-state index contributed by atoms with van der Waals surface area (Å²) in [6.07, 6.45) is 1.72. The van der Waals surface area contributed by atoms with E-state index in [0.717, 1.165) is 29.9 Å². The SMILES string of the molecule is C/C(=N/N(c1ccccc1)C1CCS(=O)(=O)C1)c1ccc2c(c1)c1ccccc1n2CCC(C)C. The van der Waals surface area contributed by atoms with E-state index in [2.05, 4.69) is 60.9 Å². The first-order valence-corrected chi connectivity index (χ1v) is 14.3. The summed E-state index contributed by atoms with van der Waals surface area (Å²) in [6.45, 7) is 7.53. The summed E-state index contributed by atoms with van der Waals surface area (Å²) >= 11 is 0. The van der Waals surface area contributed by atoms with Crippen molar-refractivity contribution in [1.82, 2.24) is 4.57 Å². The monoisotopic (exact) mass is 487 g/mol. The number of para-hydroxylation sites is 2. The quantitative estimate of drug-likeness (QED) is 0.228. The molecule has 1 aliphatic heterocycles. The second-order valence-corrected chi connectivity index (χ2v) is 12.2. The van der Waals surface area contributed by atoms with Crippen molar-refractivity contribution in [3.8, 4) is 0 Å². The van der Waals surface area contributed by atoms with Crippen LogP contribution in [0.2, 0.25) is 0 Å². The predicted molar refractivity (Wildman–Crippen MR) is 147 cm³/mol. The van der Waals surface area contributed by atoms with Crippen molar-refractivity contribution in [1.29, 1.82) is 0 Å². The first kappa shape index (κ1) is 23.6. The predicted octanol–water partition coefficient (Wildman–Crippen LogP) is 6.26. The maximum absolute atomic E-state index is 12.2. The van der Waals surface area contributed by atoms with E-state index < -0.39 is 9.84 Å². The normalized spacial score (nSPS) is 18.1. The van der Waals surface area contributed by atoms with Gasteiger partial charge in [-0.1, -0.05) is 56.3 Å². The minimum Gasteiger partial charge on any atom is -0.340 e. The van der Waals surface area contributed by atoms with Gasteiger partial charge in [0.1, 0.15) is 0 Å². The third kappa shape index (κ3) is 4.85. The van der Waals surface area contributed by atoms with Crippen molar-refractivity contribution >= 4 is 43.0 Å². The van der Waals surface area contributed by atoms with E-state index in [1.165, 1.54) is 21.8 Å². The topological polar surface area (TPSA) is 54.7 Å². The molecule has 1 fully saturated rings. The molecule has 0 radical (unpaired) electrons. The molecule has 35 heavy (non-hydrogen) atoms. The fourth-order valence-corrected chi connectivity index (χ4v) is 6.72. The minimum atomic E-state index is -3.02. The summed E-state index contributed by atoms with van der Waals surface area (Å²) in [7, 11) is -3.02. The zero-order valence-corrected chi connectivity index (χ0v) is 21.5. The number of hydrogen-bond donors (Lipinski definition) is 0. The summed E-state index contributed by atoms with van der Waals surface area (Å²) in [5.41, 5.74) is 5.34. The second-order valence-electron chi connectivity index (χ2n) is 10.0. The molecule has 1 aromatic heterocycles. The van der Waals surface area contributed by atoms with Crippen LogP contribution in [0.15, 0.2) is 77.9 Å². The van der Waals surface area contributed by atoms with Crippen molar-refractivity contribution in [3.05, 3.63) is 78.4 Å². The largest absolute Gasteiger partial charge is 0.340 e. The van der Waals surface area contributed by atoms with Gasteiger partial charge in [0.25, 0.3) is 0 Å². The van der Waals surface area contributed by atoms with Crippen LogP contribution in [0.4, 0.5) is 5.69 Å². The van der Waals surface area contributed by atoms with E-state index in [0.29, 0.717) is 12.3 Å². The summed E-state index contributed by atoms with van der Waals surface area (Å²) in [5, 5.41) is 9.39. The number of sulfone groups is 1. The van der Waals surface area contributed by atoms with E-state index in [-0.39, 0.29) is 17.5 Å². The molecule has 0 spiro atoms. The number of hydrogen-bond acceptors (Lipinski definition) is 4. The summed E-state index contributed by atoms with van der Waals surface area (Å²) in [6, 6.07) is 24.9. The standard InChI is InChI=1S/C29H33N3O2S/c1-21(2)15-17-31-28-12-8-7-11-26(28)27-19-23(13-14-29(27)31)22(3)30-32(24-9-5-4-6-10-24)25-16-18-35(33,34)20-25/h4-14,19,21,25H,15-18,20H2,1-3H3/b30-22-. The average molecular weight is 488 g/mol. The van der Waals surface area contributed by atoms with Gasteiger partial charge in [0.05, 0.1) is 28.9 Å². The Morgan fingerprint density at radius 1 is 1.00 bits per heavy atom. The molecule has 1 saturated heterocycles. The summed E-state index contributed by atoms with van der Waals surface area (Å²) in [4.78, 5) is 0. The van der Waals surface area contributed by atoms with Gasteiger partial charge in [0, 0.05) is 28.4 Å². The number of benzene rings is 3. The van der Waals surface area contributed by atoms with Crippen LogP contribution in [0.25, 0.3) is 21.8 Å². The van der Waals surface area contributed by atoms with Gasteiger partial charge in [-0.3, -0.25) is 5.01 Å². The van der Waals surface area contributed by atoms with Crippen molar-refractivity contribution in [3.63, 3.8) is 0 Å². The Balaban J connectivity index is 1.57. The number of hydrazone groups is 1. The fraction of sp³-hybridized carbons (Fsp3) is 0.345. The zero-order valence-electron chi connectivity index (χ0n) is 20.7. The lowest BCUT2D eigenvalue weighted by Gasteiger charge is -2.26. The van der Waals surface area contributed by atoms with E-state index in [4.69, 9.17) is 5.10 Å². The molecule has 1 aliphatic rings. The highest BCUT2D eigenvalue weighted by Crippen LogP contribution is 2.31. The molecule has 0 amide bonds. The lowest BCUT2D eigenvalue weighted by atomic mass is 10.1. The van der Waals surface area contributed by atoms with E-state index in [9.17, 15) is 8.42 Å². The van der Waals surface area contributed by atoms with Crippen LogP contribution < -0.4 is 5.01 Å². The lowest BCUT2D eigenvalue weighted by molar-refractivity contribution is 0.531. The lowest BCUT2D eigenvalue weighted by Crippen LogP contribution is -2.32. The van der Waals surface area contributed by atoms with Gasteiger partial charge < -0.3 is 4.57 Å². The Hall–Kier alpha value is -3.12. The van der Waals surface area contributed by atoms with E-state index in [1.54, 1.807) is 0 Å². The molecule has 5 rings (SSSR count). The number of rotatable bonds is 7. The van der Waals surface area contributed by atoms with Crippen LogP contribution in [-0.4, -0.2) is 36.2 Å². The molecule has 0 saturated carbocycles. The Bertz CT molecular complexity index is 1490. The summed E-state index contributed by atoms with van der Waals surface area (Å²) in [5.74, 6) is 1.00. The number of aryl methyl sites for hydroxylation is 1. The molecule has 182 valence electrons. The van der Waals surface area contributed by atoms with E-state index >= 15 is 0 Å². The fourth-order valence-electron chi connectivity index (χ4n) is 5.03. The molecule has 0 bridgehead atoms. The van der Waals surface area contributed by atoms with Crippen LogP contribution in [0.1, 0.15) is 39.2 Å². The molecule has 4 aromatic rings. The van der Waals surface area contributed by atoms with Gasteiger partial charge in [0.2, 0.25) is 0 Å². The molecule has 1 atom stereocenters. The second kappa shape index (κ2) is 9.50. The van der Waals surface area contributed by atoms with Crippen molar-refractivity contribution in [2.45, 2.75) is 46.2 Å². The molecule has 6 heteroatoms. The smallest absolute Gasteiger partial charge is 0.152 e. The first-order valence-electron chi connectivity index (χ1n) is 12.4. The third-order valence-corrected chi connectivity index (χ3v) is 8.70. The third-order valence-electron chi connectivity index (χ3n) is 6.95. The highest BCUT2D eigenvalue weighted by atomic mass is 32.2. The highest BCUT2D eigenvalue weighted by Gasteiger charge is 2.33. The average Bonchev–Trinajstić information content (AvgIpc) is 3.37. The molecule has 1 unspecified atom stereocenters. The number of anilines is 1. The van der Waals surface area contributed by atoms with Gasteiger partial charge in [-0.05, 0) is 61.6 Å². The Morgan fingerprint density at radius 2 is 1.71 bits per heavy atom. The van der Waals surface area contributed by atoms with Gasteiger partial charge in [0.15, 0.2) is 9.84 Å². The van der Waals surface area contributed by atoms with Gasteiger partial charge in [-0.2, -0.15) is 5.10 Å². The highest BCUT2D eigenvalue weighted by molar-refractivity contribution is 7.91. The number of nitrogens with zero attached hydrogens (tertiary/aromatic N) is 3. The van der Waals surface area contributed by atoms with Crippen LogP contribution >= 0.6 is 0 Å². The maximum atomic E-state index is 12.2. The zero-order chi connectivity index (χ0) is 24.6. The Morgan fingerprint density at radius 3 is 2.43 bits per heavy atom. The number of aromatic nitrogens is 1. The molecule has 3 aromatic carbocycles. The van der Waals surface area contributed by atoms with Gasteiger partial charge in [-0.25, -0.2) is 8.42 Å². The molecular weight excluding hydrogens is 454 g/mol. The molecule has 2 heterocycles. The maximum Gasteiger partial charge on any atom is 0.152 e.